The zero-order valence-corrected chi connectivity index (χ0v) is 10.8. The molecule has 0 saturated carbocycles. The van der Waals surface area contributed by atoms with Crippen molar-refractivity contribution < 1.29 is 4.79 Å². The van der Waals surface area contributed by atoms with Crippen LogP contribution in [0.5, 0.6) is 0 Å². The van der Waals surface area contributed by atoms with E-state index < -0.39 is 6.04 Å². The van der Waals surface area contributed by atoms with Crippen molar-refractivity contribution in [1.82, 2.24) is 9.97 Å². The highest BCUT2D eigenvalue weighted by atomic mass is 35.5. The Morgan fingerprint density at radius 3 is 2.74 bits per heavy atom. The second kappa shape index (κ2) is 6.26. The number of nitrogens with zero attached hydrogens (tertiary/aromatic N) is 2. The standard InChI is InChI=1S/C13H13ClN4O/c14-11-7-12(17-8-16-11)18-13(19)10(15)6-9-4-2-1-3-5-9/h1-5,7-8,10H,6,15H2,(H,16,17,18,19)/t10-/m1/s1. The number of hydrogen-bond donors (Lipinski definition) is 2. The van der Waals surface area contributed by atoms with Crippen molar-refractivity contribution in [2.24, 2.45) is 5.73 Å². The summed E-state index contributed by atoms with van der Waals surface area (Å²) in [5, 5.41) is 2.87. The maximum Gasteiger partial charge on any atom is 0.242 e. The highest BCUT2D eigenvalue weighted by molar-refractivity contribution is 6.29. The number of nitrogens with one attached hydrogen (secondary N) is 1. The molecule has 6 heteroatoms. The average molecular weight is 277 g/mol. The van der Waals surface area contributed by atoms with Crippen molar-refractivity contribution >= 4 is 23.3 Å². The lowest BCUT2D eigenvalue weighted by Gasteiger charge is -2.11. The third-order valence-electron chi connectivity index (χ3n) is 2.52. The lowest BCUT2D eigenvalue weighted by molar-refractivity contribution is -0.117. The minimum atomic E-state index is -0.642. The molecule has 0 saturated heterocycles. The molecule has 98 valence electrons. The molecule has 0 fully saturated rings. The number of nitrogens with two attached hydrogens (primary N) is 1. The topological polar surface area (TPSA) is 80.9 Å². The fourth-order valence-electron chi connectivity index (χ4n) is 1.58. The minimum absolute atomic E-state index is 0.266. The molecule has 0 aliphatic heterocycles. The zero-order valence-electron chi connectivity index (χ0n) is 10.1. The van der Waals surface area contributed by atoms with Crippen LogP contribution in [0.3, 0.4) is 0 Å². The van der Waals surface area contributed by atoms with Crippen molar-refractivity contribution in [3.63, 3.8) is 0 Å². The second-order valence-electron chi connectivity index (χ2n) is 4.01. The molecule has 1 aromatic heterocycles. The molecule has 1 atom stereocenters. The van der Waals surface area contributed by atoms with Gasteiger partial charge in [-0.05, 0) is 12.0 Å². The van der Waals surface area contributed by atoms with Crippen molar-refractivity contribution in [2.75, 3.05) is 5.32 Å². The Labute approximate surface area is 115 Å². The first-order valence-corrected chi connectivity index (χ1v) is 6.11. The van der Waals surface area contributed by atoms with Crippen LogP contribution in [0.1, 0.15) is 5.56 Å². The summed E-state index contributed by atoms with van der Waals surface area (Å²) in [6.45, 7) is 0. The van der Waals surface area contributed by atoms with Crippen molar-refractivity contribution in [3.05, 3.63) is 53.4 Å². The van der Waals surface area contributed by atoms with Crippen molar-refractivity contribution in [3.8, 4) is 0 Å². The van der Waals surface area contributed by atoms with Crippen LogP contribution in [0, 0.1) is 0 Å². The normalized spacial score (nSPS) is 11.9. The third kappa shape index (κ3) is 4.01. The molecule has 3 N–H and O–H groups in total. The monoisotopic (exact) mass is 276 g/mol. The first-order valence-electron chi connectivity index (χ1n) is 5.73. The number of carbonyl (C=O) groups is 1. The van der Waals surface area contributed by atoms with Crippen LogP contribution in [-0.4, -0.2) is 21.9 Å². The Morgan fingerprint density at radius 2 is 2.05 bits per heavy atom. The predicted molar refractivity (Wildman–Crippen MR) is 73.8 cm³/mol. The van der Waals surface area contributed by atoms with Gasteiger partial charge in [0, 0.05) is 6.07 Å². The molecular formula is C13H13ClN4O. The molecule has 0 radical (unpaired) electrons. The molecule has 0 bridgehead atoms. The minimum Gasteiger partial charge on any atom is -0.320 e. The molecule has 0 aliphatic carbocycles. The summed E-state index contributed by atoms with van der Waals surface area (Å²) in [6.07, 6.45) is 1.74. The predicted octanol–water partition coefficient (Wildman–Crippen LogP) is 1.64. The van der Waals surface area contributed by atoms with E-state index in [1.165, 1.54) is 12.4 Å². The molecule has 1 heterocycles. The first-order chi connectivity index (χ1) is 9.15. The number of aromatic nitrogens is 2. The van der Waals surface area contributed by atoms with Crippen LogP contribution in [-0.2, 0) is 11.2 Å². The van der Waals surface area contributed by atoms with Gasteiger partial charge in [-0.1, -0.05) is 41.9 Å². The summed E-state index contributed by atoms with van der Waals surface area (Å²) in [5.74, 6) is 0.0344. The van der Waals surface area contributed by atoms with E-state index in [-0.39, 0.29) is 11.1 Å². The Balaban J connectivity index is 1.96. The Kier molecular flexibility index (Phi) is 4.43. The molecular weight excluding hydrogens is 264 g/mol. The largest absolute Gasteiger partial charge is 0.320 e. The number of carbonyl (C=O) groups excluding carboxylic acids is 1. The summed E-state index contributed by atoms with van der Waals surface area (Å²) >= 11 is 5.70. The van der Waals surface area contributed by atoms with Gasteiger partial charge in [0.15, 0.2) is 0 Å². The van der Waals surface area contributed by atoms with E-state index in [1.807, 2.05) is 30.3 Å². The van der Waals surface area contributed by atoms with Gasteiger partial charge in [-0.15, -0.1) is 0 Å². The summed E-state index contributed by atoms with van der Waals surface area (Å²) in [4.78, 5) is 19.5. The van der Waals surface area contributed by atoms with E-state index in [9.17, 15) is 4.79 Å². The van der Waals surface area contributed by atoms with E-state index in [4.69, 9.17) is 17.3 Å². The van der Waals surface area contributed by atoms with Crippen molar-refractivity contribution in [1.29, 1.82) is 0 Å². The van der Waals surface area contributed by atoms with Gasteiger partial charge in [0.1, 0.15) is 17.3 Å². The van der Waals surface area contributed by atoms with Crippen LogP contribution in [0.2, 0.25) is 5.15 Å². The Morgan fingerprint density at radius 1 is 1.32 bits per heavy atom. The lowest BCUT2D eigenvalue weighted by atomic mass is 10.1. The number of amides is 1. The van der Waals surface area contributed by atoms with Crippen LogP contribution in [0.15, 0.2) is 42.7 Å². The molecule has 1 aromatic carbocycles. The van der Waals surface area contributed by atoms with Crippen LogP contribution in [0.25, 0.3) is 0 Å². The quantitative estimate of drug-likeness (QED) is 0.832. The molecule has 0 aliphatic rings. The van der Waals surface area contributed by atoms with Gasteiger partial charge in [0.05, 0.1) is 6.04 Å². The van der Waals surface area contributed by atoms with Crippen LogP contribution in [0.4, 0.5) is 5.82 Å². The Hall–Kier alpha value is -1.98. The molecule has 1 amide bonds. The third-order valence-corrected chi connectivity index (χ3v) is 2.73. The van der Waals surface area contributed by atoms with E-state index in [1.54, 1.807) is 0 Å². The van der Waals surface area contributed by atoms with Gasteiger partial charge >= 0.3 is 0 Å². The number of hydrogen-bond acceptors (Lipinski definition) is 4. The molecule has 0 unspecified atom stereocenters. The maximum atomic E-state index is 11.9. The lowest BCUT2D eigenvalue weighted by Crippen LogP contribution is -2.37. The fraction of sp³-hybridized carbons (Fsp3) is 0.154. The zero-order chi connectivity index (χ0) is 13.7. The molecule has 5 nitrogen and oxygen atoms in total. The van der Waals surface area contributed by atoms with Crippen LogP contribution >= 0.6 is 11.6 Å². The summed E-state index contributed by atoms with van der Waals surface area (Å²) in [7, 11) is 0. The van der Waals surface area contributed by atoms with Gasteiger partial charge in [-0.3, -0.25) is 4.79 Å². The van der Waals surface area contributed by atoms with Gasteiger partial charge < -0.3 is 11.1 Å². The molecule has 2 rings (SSSR count). The molecule has 2 aromatic rings. The number of rotatable bonds is 4. The average Bonchev–Trinajstić information content (AvgIpc) is 2.40. The number of halogens is 1. The van der Waals surface area contributed by atoms with E-state index in [2.05, 4.69) is 15.3 Å². The Bertz CT molecular complexity index is 562. The highest BCUT2D eigenvalue weighted by Crippen LogP contribution is 2.09. The van der Waals surface area contributed by atoms with Gasteiger partial charge in [0.25, 0.3) is 0 Å². The summed E-state index contributed by atoms with van der Waals surface area (Å²) in [6, 6.07) is 10.4. The first kappa shape index (κ1) is 13.5. The van der Waals surface area contributed by atoms with Gasteiger partial charge in [-0.25, -0.2) is 9.97 Å². The molecule has 19 heavy (non-hydrogen) atoms. The number of anilines is 1. The SMILES string of the molecule is N[C@H](Cc1ccccc1)C(=O)Nc1cc(Cl)ncn1. The van der Waals surface area contributed by atoms with Gasteiger partial charge in [0.2, 0.25) is 5.91 Å². The number of benzene rings is 1. The van der Waals surface area contributed by atoms with Crippen LogP contribution < -0.4 is 11.1 Å². The summed E-state index contributed by atoms with van der Waals surface area (Å²) in [5.41, 5.74) is 6.85. The highest BCUT2D eigenvalue weighted by Gasteiger charge is 2.14. The second-order valence-corrected chi connectivity index (χ2v) is 4.40. The van der Waals surface area contributed by atoms with Crippen molar-refractivity contribution in [2.45, 2.75) is 12.5 Å². The van der Waals surface area contributed by atoms with E-state index in [0.717, 1.165) is 5.56 Å². The van der Waals surface area contributed by atoms with Gasteiger partial charge in [-0.2, -0.15) is 0 Å². The molecule has 0 spiro atoms. The smallest absolute Gasteiger partial charge is 0.242 e. The van der Waals surface area contributed by atoms with E-state index >= 15 is 0 Å². The van der Waals surface area contributed by atoms with E-state index in [0.29, 0.717) is 12.2 Å². The maximum absolute atomic E-state index is 11.9. The fourth-order valence-corrected chi connectivity index (χ4v) is 1.73. The summed E-state index contributed by atoms with van der Waals surface area (Å²) < 4.78 is 0.